The Hall–Kier alpha value is -0.570. The summed E-state index contributed by atoms with van der Waals surface area (Å²) >= 11 is 0. The van der Waals surface area contributed by atoms with Gasteiger partial charge in [0.05, 0.1) is 0 Å². The van der Waals surface area contributed by atoms with Crippen molar-refractivity contribution < 1.29 is 9.90 Å². The zero-order valence-corrected chi connectivity index (χ0v) is 8.18. The lowest BCUT2D eigenvalue weighted by atomic mass is 10.0. The van der Waals surface area contributed by atoms with E-state index in [4.69, 9.17) is 5.11 Å². The van der Waals surface area contributed by atoms with E-state index in [1.165, 1.54) is 12.8 Å². The lowest BCUT2D eigenvalue weighted by molar-refractivity contribution is -0.137. The van der Waals surface area contributed by atoms with Gasteiger partial charge < -0.3 is 11.3 Å². The highest BCUT2D eigenvalue weighted by Crippen LogP contribution is 2.08. The van der Waals surface area contributed by atoms with E-state index in [0.717, 1.165) is 18.8 Å². The summed E-state index contributed by atoms with van der Waals surface area (Å²) in [5, 5.41) is 8.32. The third kappa shape index (κ3) is 12.1. The summed E-state index contributed by atoms with van der Waals surface area (Å²) < 4.78 is 0. The van der Waals surface area contributed by atoms with Crippen molar-refractivity contribution in [2.75, 3.05) is 0 Å². The first kappa shape index (κ1) is 14.0. The van der Waals surface area contributed by atoms with Crippen LogP contribution in [0.3, 0.4) is 0 Å². The minimum absolute atomic E-state index is 0. The van der Waals surface area contributed by atoms with Crippen LogP contribution in [0.2, 0.25) is 0 Å². The number of unbranched alkanes of at least 4 members (excludes halogenated alkanes) is 2. The summed E-state index contributed by atoms with van der Waals surface area (Å²) in [6, 6.07) is 0. The number of rotatable bonds is 6. The standard InChI is InChI=1S/C9H18O2.H3N/c1-8(2)6-4-3-5-7-9(10)11;/h8H,3-7H2,1-2H3,(H,10,11);1H3. The highest BCUT2D eigenvalue weighted by molar-refractivity contribution is 5.66. The normalized spacial score (nSPS) is 9.58. The second-order valence-corrected chi connectivity index (χ2v) is 3.39. The average Bonchev–Trinajstić information content (AvgIpc) is 1.85. The van der Waals surface area contributed by atoms with Crippen molar-refractivity contribution in [3.63, 3.8) is 0 Å². The van der Waals surface area contributed by atoms with Crippen LogP contribution in [0.1, 0.15) is 46.0 Å². The molecule has 4 N–H and O–H groups in total. The fraction of sp³-hybridized carbons (Fsp3) is 0.889. The van der Waals surface area contributed by atoms with Crippen molar-refractivity contribution in [1.29, 1.82) is 0 Å². The Morgan fingerprint density at radius 2 is 1.83 bits per heavy atom. The second-order valence-electron chi connectivity index (χ2n) is 3.39. The molecule has 0 aliphatic carbocycles. The molecule has 74 valence electrons. The summed E-state index contributed by atoms with van der Waals surface area (Å²) in [6.07, 6.45) is 4.62. The minimum Gasteiger partial charge on any atom is -0.481 e. The van der Waals surface area contributed by atoms with Gasteiger partial charge in [-0.3, -0.25) is 4.79 Å². The SMILES string of the molecule is CC(C)CCCCCC(=O)O.N. The van der Waals surface area contributed by atoms with E-state index in [2.05, 4.69) is 13.8 Å². The van der Waals surface area contributed by atoms with Gasteiger partial charge in [0, 0.05) is 6.42 Å². The quantitative estimate of drug-likeness (QED) is 0.610. The molecule has 0 bridgehead atoms. The maximum Gasteiger partial charge on any atom is 0.303 e. The molecule has 0 aliphatic heterocycles. The molecule has 3 nitrogen and oxygen atoms in total. The highest BCUT2D eigenvalue weighted by atomic mass is 16.4. The Bertz CT molecular complexity index is 113. The topological polar surface area (TPSA) is 72.3 Å². The molecule has 0 fully saturated rings. The van der Waals surface area contributed by atoms with E-state index in [9.17, 15) is 4.79 Å². The van der Waals surface area contributed by atoms with Crippen LogP contribution in [0.15, 0.2) is 0 Å². The Morgan fingerprint density at radius 1 is 1.25 bits per heavy atom. The molecule has 0 amide bonds. The van der Waals surface area contributed by atoms with Gasteiger partial charge in [0.1, 0.15) is 0 Å². The maximum atomic E-state index is 10.1. The molecule has 0 unspecified atom stereocenters. The van der Waals surface area contributed by atoms with Crippen molar-refractivity contribution in [3.05, 3.63) is 0 Å². The van der Waals surface area contributed by atoms with Crippen molar-refractivity contribution in [2.24, 2.45) is 5.92 Å². The molecule has 0 saturated heterocycles. The fourth-order valence-electron chi connectivity index (χ4n) is 1.01. The smallest absolute Gasteiger partial charge is 0.303 e. The Balaban J connectivity index is 0. The number of carbonyl (C=O) groups is 1. The van der Waals surface area contributed by atoms with Crippen LogP contribution in [-0.4, -0.2) is 11.1 Å². The van der Waals surface area contributed by atoms with Gasteiger partial charge >= 0.3 is 5.97 Å². The molecule has 0 radical (unpaired) electrons. The molecular weight excluding hydrogens is 154 g/mol. The largest absolute Gasteiger partial charge is 0.481 e. The number of aliphatic carboxylic acids is 1. The molecule has 0 heterocycles. The van der Waals surface area contributed by atoms with Crippen LogP contribution >= 0.6 is 0 Å². The molecule has 0 spiro atoms. The van der Waals surface area contributed by atoms with Gasteiger partial charge in [0.15, 0.2) is 0 Å². The van der Waals surface area contributed by atoms with E-state index in [-0.39, 0.29) is 6.15 Å². The average molecular weight is 175 g/mol. The van der Waals surface area contributed by atoms with E-state index >= 15 is 0 Å². The van der Waals surface area contributed by atoms with Gasteiger partial charge in [-0.05, 0) is 12.3 Å². The van der Waals surface area contributed by atoms with Gasteiger partial charge in [-0.15, -0.1) is 0 Å². The van der Waals surface area contributed by atoms with Gasteiger partial charge in [0.25, 0.3) is 0 Å². The number of hydrogen-bond donors (Lipinski definition) is 2. The van der Waals surface area contributed by atoms with E-state index in [1.807, 2.05) is 0 Å². The number of hydrogen-bond acceptors (Lipinski definition) is 2. The first-order chi connectivity index (χ1) is 5.13. The minimum atomic E-state index is -0.672. The Morgan fingerprint density at radius 3 is 2.25 bits per heavy atom. The summed E-state index contributed by atoms with van der Waals surface area (Å²) in [6.45, 7) is 4.38. The molecule has 0 aromatic heterocycles. The summed E-state index contributed by atoms with van der Waals surface area (Å²) in [7, 11) is 0. The lowest BCUT2D eigenvalue weighted by Gasteiger charge is -2.02. The summed E-state index contributed by atoms with van der Waals surface area (Å²) in [5.74, 6) is 0.0781. The monoisotopic (exact) mass is 175 g/mol. The molecule has 0 rings (SSSR count). The predicted molar refractivity (Wildman–Crippen MR) is 50.6 cm³/mol. The van der Waals surface area contributed by atoms with Crippen LogP contribution < -0.4 is 6.15 Å². The van der Waals surface area contributed by atoms with E-state index in [1.54, 1.807) is 0 Å². The van der Waals surface area contributed by atoms with Crippen molar-refractivity contribution in [1.82, 2.24) is 6.15 Å². The third-order valence-corrected chi connectivity index (χ3v) is 1.67. The summed E-state index contributed by atoms with van der Waals surface area (Å²) in [5.41, 5.74) is 0. The first-order valence-corrected chi connectivity index (χ1v) is 4.34. The van der Waals surface area contributed by atoms with Crippen molar-refractivity contribution >= 4 is 5.97 Å². The second kappa shape index (κ2) is 8.53. The molecule has 0 saturated carbocycles. The first-order valence-electron chi connectivity index (χ1n) is 4.34. The van der Waals surface area contributed by atoms with Gasteiger partial charge in [-0.1, -0.05) is 33.1 Å². The molecule has 0 aliphatic rings. The fourth-order valence-corrected chi connectivity index (χ4v) is 1.01. The predicted octanol–water partition coefficient (Wildman–Crippen LogP) is 2.84. The van der Waals surface area contributed by atoms with Crippen LogP contribution in [-0.2, 0) is 4.79 Å². The van der Waals surface area contributed by atoms with Gasteiger partial charge in [-0.2, -0.15) is 0 Å². The van der Waals surface area contributed by atoms with Crippen molar-refractivity contribution in [2.45, 2.75) is 46.0 Å². The van der Waals surface area contributed by atoms with Crippen LogP contribution in [0, 0.1) is 5.92 Å². The third-order valence-electron chi connectivity index (χ3n) is 1.67. The molecule has 12 heavy (non-hydrogen) atoms. The molecule has 0 atom stereocenters. The van der Waals surface area contributed by atoms with E-state index in [0.29, 0.717) is 6.42 Å². The van der Waals surface area contributed by atoms with Crippen LogP contribution in [0.5, 0.6) is 0 Å². The Kier molecular flexibility index (Phi) is 9.93. The van der Waals surface area contributed by atoms with Crippen LogP contribution in [0.25, 0.3) is 0 Å². The van der Waals surface area contributed by atoms with Gasteiger partial charge in [0.2, 0.25) is 0 Å². The number of carboxylic acids is 1. The molecule has 3 heteroatoms. The van der Waals surface area contributed by atoms with Gasteiger partial charge in [-0.25, -0.2) is 0 Å². The maximum absolute atomic E-state index is 10.1. The molecule has 0 aromatic carbocycles. The zero-order chi connectivity index (χ0) is 8.69. The van der Waals surface area contributed by atoms with Crippen LogP contribution in [0.4, 0.5) is 0 Å². The Labute approximate surface area is 74.8 Å². The van der Waals surface area contributed by atoms with E-state index < -0.39 is 5.97 Å². The zero-order valence-electron chi connectivity index (χ0n) is 8.18. The molecule has 0 aromatic rings. The summed E-state index contributed by atoms with van der Waals surface area (Å²) in [4.78, 5) is 10.1. The number of carboxylic acid groups (broad SMARTS) is 1. The highest BCUT2D eigenvalue weighted by Gasteiger charge is 1.97. The lowest BCUT2D eigenvalue weighted by Crippen LogP contribution is -1.94. The van der Waals surface area contributed by atoms with Crippen molar-refractivity contribution in [3.8, 4) is 0 Å². The molecular formula is C9H21NO2.